The van der Waals surface area contributed by atoms with Gasteiger partial charge in [-0.1, -0.05) is 166 Å². The van der Waals surface area contributed by atoms with Crippen molar-refractivity contribution in [3.8, 4) is 23.0 Å². The number of aromatic hydroxyl groups is 4. The second-order valence-corrected chi connectivity index (χ2v) is 32.9. The lowest BCUT2D eigenvalue weighted by Gasteiger charge is -2.27. The molecule has 0 aromatic heterocycles. The fourth-order valence-electron chi connectivity index (χ4n) is 10.2. The fourth-order valence-corrected chi connectivity index (χ4v) is 15.5. The summed E-state index contributed by atoms with van der Waals surface area (Å²) in [4.78, 5) is 0. The van der Waals surface area contributed by atoms with Gasteiger partial charge in [0, 0.05) is 58.5 Å². The topological polar surface area (TPSA) is 129 Å². The molecule has 8 nitrogen and oxygen atoms in total. The highest BCUT2D eigenvalue weighted by molar-refractivity contribution is 7.57. The minimum atomic E-state index is -0.230. The number of aryl methyl sites for hydroxylation is 4. The van der Waals surface area contributed by atoms with E-state index in [0.717, 1.165) is 98.1 Å². The van der Waals surface area contributed by atoms with Crippen molar-refractivity contribution >= 4 is 76.8 Å². The number of halogens is 4. The molecule has 0 aliphatic carbocycles. The van der Waals surface area contributed by atoms with Crippen molar-refractivity contribution in [2.24, 2.45) is 0 Å². The van der Waals surface area contributed by atoms with Gasteiger partial charge in [-0.3, -0.25) is 0 Å². The van der Waals surface area contributed by atoms with Crippen LogP contribution in [0.15, 0.2) is 121 Å². The zero-order chi connectivity index (χ0) is 68.8. The molecule has 0 radical (unpaired) electrons. The maximum Gasteiger partial charge on any atom is 0.127 e. The molecular formula is C76H100F4N4O4P4. The predicted octanol–water partition coefficient (Wildman–Crippen LogP) is 13.9. The van der Waals surface area contributed by atoms with E-state index in [0.29, 0.717) is 74.9 Å². The molecule has 4 unspecified atom stereocenters. The Morgan fingerprint density at radius 2 is 0.565 bits per heavy atom. The lowest BCUT2D eigenvalue weighted by atomic mass is 9.80. The molecule has 92 heavy (non-hydrogen) atoms. The molecule has 0 fully saturated rings. The Hall–Kier alpha value is -5.76. The molecule has 0 saturated carbocycles. The first-order chi connectivity index (χ1) is 42.9. The van der Waals surface area contributed by atoms with Gasteiger partial charge < -0.3 is 41.7 Å². The van der Waals surface area contributed by atoms with E-state index in [4.69, 9.17) is 0 Å². The molecule has 0 spiro atoms. The lowest BCUT2D eigenvalue weighted by Crippen LogP contribution is -2.22. The number of benzene rings is 8. The first-order valence-corrected chi connectivity index (χ1v) is 35.0. The summed E-state index contributed by atoms with van der Waals surface area (Å²) in [6.45, 7) is 36.0. The quantitative estimate of drug-likeness (QED) is 0.0355. The highest BCUT2D eigenvalue weighted by Crippen LogP contribution is 2.38. The van der Waals surface area contributed by atoms with Crippen molar-refractivity contribution in [2.75, 3.05) is 28.2 Å². The van der Waals surface area contributed by atoms with Crippen LogP contribution in [0.1, 0.15) is 150 Å². The Balaban J connectivity index is 0.000000223. The van der Waals surface area contributed by atoms with E-state index in [9.17, 15) is 38.0 Å². The van der Waals surface area contributed by atoms with E-state index in [1.165, 1.54) is 35.4 Å². The molecule has 496 valence electrons. The molecule has 0 aliphatic heterocycles. The average molecular weight is 1330 g/mol. The van der Waals surface area contributed by atoms with Crippen molar-refractivity contribution < 1.29 is 38.0 Å². The molecule has 8 rings (SSSR count). The summed E-state index contributed by atoms with van der Waals surface area (Å²) >= 11 is 0. The van der Waals surface area contributed by atoms with Crippen LogP contribution in [-0.2, 0) is 47.8 Å². The number of hydrogen-bond donors (Lipinski definition) is 8. The summed E-state index contributed by atoms with van der Waals surface area (Å²) in [6.07, 6.45) is 0. The standard InChI is InChI=1S/C22H31FNOP.2C19H25FNOP.C16H19FNOP/c1-21(2,3)15-11-17(22(4,5)6)20(25)19(12-15)26-18-9-8-16(23)10-14(18)13-24-7;1-12-8-14(19(2,3)4)10-17(18(12)22)23-16-7-6-15(20)9-13(16)11-21-5;1-12-8-15(19(2,3)4)18(22)17(9-12)23-16-7-6-14(20)10-13(16)11-21-5;1-10-6-11(2)16(19)15(7-10)20-14-5-4-13(17)8-12(14)9-18-3/h8-12,24-26H,13H2,1-7H3;2*6-10,21-23H,11H2,1-5H3;4-8,18-20H,9H2,1-3H3. The Kier molecular flexibility index (Phi) is 28.1. The molecule has 16 heteroatoms. The van der Waals surface area contributed by atoms with E-state index < -0.39 is 0 Å². The molecule has 8 aromatic carbocycles. The molecule has 4 atom stereocenters. The van der Waals surface area contributed by atoms with Crippen LogP contribution in [0.3, 0.4) is 0 Å². The molecule has 8 aromatic rings. The van der Waals surface area contributed by atoms with Gasteiger partial charge in [0.1, 0.15) is 46.3 Å². The van der Waals surface area contributed by atoms with Gasteiger partial charge in [-0.05, 0) is 227 Å². The van der Waals surface area contributed by atoms with Crippen LogP contribution >= 0.6 is 34.3 Å². The van der Waals surface area contributed by atoms with Gasteiger partial charge in [0.2, 0.25) is 0 Å². The molecule has 8 N–H and O–H groups in total. The van der Waals surface area contributed by atoms with Gasteiger partial charge in [0.05, 0.1) is 0 Å². The third kappa shape index (κ3) is 22.2. The largest absolute Gasteiger partial charge is 0.507 e. The molecule has 0 bridgehead atoms. The molecule has 0 saturated heterocycles. The average Bonchev–Trinajstić information content (AvgIpc) is 0.845. The highest BCUT2D eigenvalue weighted by Gasteiger charge is 2.27. The fraction of sp³-hybridized carbons (Fsp3) is 0.368. The van der Waals surface area contributed by atoms with Crippen molar-refractivity contribution in [3.63, 3.8) is 0 Å². The lowest BCUT2D eigenvalue weighted by molar-refractivity contribution is 0.448. The zero-order valence-electron chi connectivity index (χ0n) is 57.7. The molecule has 0 amide bonds. The summed E-state index contributed by atoms with van der Waals surface area (Å²) in [5.74, 6) is 0.495. The normalized spacial score (nSPS) is 12.3. The Morgan fingerprint density at radius 3 is 0.870 bits per heavy atom. The number of nitrogens with one attached hydrogen (secondary N) is 4. The number of rotatable bonds is 16. The van der Waals surface area contributed by atoms with E-state index in [1.807, 2.05) is 104 Å². The van der Waals surface area contributed by atoms with Gasteiger partial charge in [-0.2, -0.15) is 0 Å². The van der Waals surface area contributed by atoms with E-state index >= 15 is 0 Å². The summed E-state index contributed by atoms with van der Waals surface area (Å²) in [7, 11) is 8.57. The minimum absolute atomic E-state index is 0.0104. The summed E-state index contributed by atoms with van der Waals surface area (Å²) in [5.41, 5.74) is 11.8. The monoisotopic (exact) mass is 1330 g/mol. The molecule has 0 heterocycles. The molecular weight excluding hydrogens is 1230 g/mol. The summed E-state index contributed by atoms with van der Waals surface area (Å²) in [5, 5.41) is 62.5. The second kappa shape index (κ2) is 33.6. The SMILES string of the molecule is CNCc1cc(F)ccc1Pc1cc(C(C)(C)C)cc(C(C)(C)C)c1O.CNCc1cc(F)ccc1Pc1cc(C(C)(C)C)cc(C)c1O.CNCc1cc(F)ccc1Pc1cc(C)cc(C(C)(C)C)c1O.CNCc1cc(F)ccc1Pc1cc(C)cc(C)c1O. The maximum atomic E-state index is 13.7. The third-order valence-electron chi connectivity index (χ3n) is 15.3. The molecule has 0 aliphatic rings. The van der Waals surface area contributed by atoms with Crippen LogP contribution in [0.2, 0.25) is 0 Å². The first kappa shape index (κ1) is 76.9. The van der Waals surface area contributed by atoms with Gasteiger partial charge >= 0.3 is 0 Å². The summed E-state index contributed by atoms with van der Waals surface area (Å²) in [6, 6.07) is 35.9. The number of phenols is 4. The number of phenolic OH excluding ortho intramolecular Hbond substituents is 4. The van der Waals surface area contributed by atoms with Gasteiger partial charge in [0.25, 0.3) is 0 Å². The zero-order valence-corrected chi connectivity index (χ0v) is 61.7. The van der Waals surface area contributed by atoms with Crippen molar-refractivity contribution in [1.29, 1.82) is 0 Å². The van der Waals surface area contributed by atoms with Crippen molar-refractivity contribution in [1.82, 2.24) is 21.3 Å². The first-order valence-electron chi connectivity index (χ1n) is 31.0. The van der Waals surface area contributed by atoms with Crippen LogP contribution in [0, 0.1) is 51.0 Å². The van der Waals surface area contributed by atoms with Gasteiger partial charge in [-0.25, -0.2) is 17.6 Å². The summed E-state index contributed by atoms with van der Waals surface area (Å²) < 4.78 is 54.0. The van der Waals surface area contributed by atoms with E-state index in [-0.39, 0.29) is 53.5 Å². The van der Waals surface area contributed by atoms with Gasteiger partial charge in [0.15, 0.2) is 0 Å². The van der Waals surface area contributed by atoms with Crippen LogP contribution in [0.4, 0.5) is 17.6 Å². The predicted molar refractivity (Wildman–Crippen MR) is 393 cm³/mol. The smallest absolute Gasteiger partial charge is 0.127 e. The third-order valence-corrected chi connectivity index (χ3v) is 20.9. The van der Waals surface area contributed by atoms with Crippen molar-refractivity contribution in [3.05, 3.63) is 211 Å². The maximum absolute atomic E-state index is 13.7. The Morgan fingerprint density at radius 1 is 0.304 bits per heavy atom. The highest BCUT2D eigenvalue weighted by atomic mass is 31.1. The minimum Gasteiger partial charge on any atom is -0.507 e. The second-order valence-electron chi connectivity index (χ2n) is 27.6. The van der Waals surface area contributed by atoms with Crippen LogP contribution in [-0.4, -0.2) is 48.6 Å². The number of hydrogen-bond acceptors (Lipinski definition) is 8. The van der Waals surface area contributed by atoms with E-state index in [2.05, 4.69) is 123 Å². The van der Waals surface area contributed by atoms with Crippen molar-refractivity contribution in [2.45, 2.75) is 159 Å². The Labute approximate surface area is 554 Å². The van der Waals surface area contributed by atoms with Gasteiger partial charge in [-0.15, -0.1) is 0 Å². The van der Waals surface area contributed by atoms with E-state index in [1.54, 1.807) is 30.3 Å². The van der Waals surface area contributed by atoms with Crippen LogP contribution < -0.4 is 63.7 Å². The van der Waals surface area contributed by atoms with Crippen LogP contribution in [0.25, 0.3) is 0 Å². The Bertz CT molecular complexity index is 3760. The van der Waals surface area contributed by atoms with Crippen LogP contribution in [0.5, 0.6) is 23.0 Å².